The zero-order chi connectivity index (χ0) is 14.3. The summed E-state index contributed by atoms with van der Waals surface area (Å²) >= 11 is 0. The third-order valence-electron chi connectivity index (χ3n) is 3.38. The Morgan fingerprint density at radius 1 is 1.05 bits per heavy atom. The van der Waals surface area contributed by atoms with Crippen molar-refractivity contribution in [2.45, 2.75) is 13.0 Å². The molecule has 1 atom stereocenters. The summed E-state index contributed by atoms with van der Waals surface area (Å²) in [7, 11) is 0. The summed E-state index contributed by atoms with van der Waals surface area (Å²) in [6.45, 7) is 1.91. The van der Waals surface area contributed by atoms with Crippen LogP contribution in [0.4, 0.5) is 8.78 Å². The molecule has 0 spiro atoms. The lowest BCUT2D eigenvalue weighted by Crippen LogP contribution is -2.14. The normalized spacial score (nSPS) is 12.8. The second-order valence-electron chi connectivity index (χ2n) is 4.76. The quantitative estimate of drug-likeness (QED) is 0.764. The molecule has 4 heteroatoms. The molecule has 2 N–H and O–H groups in total. The molecule has 0 amide bonds. The molecule has 2 aromatic carbocycles. The van der Waals surface area contributed by atoms with E-state index in [1.807, 2.05) is 25.1 Å². The van der Waals surface area contributed by atoms with Crippen molar-refractivity contribution in [3.8, 4) is 0 Å². The van der Waals surface area contributed by atoms with Crippen molar-refractivity contribution in [1.82, 2.24) is 0 Å². The highest BCUT2D eigenvalue weighted by molar-refractivity contribution is 5.81. The molecule has 1 heterocycles. The van der Waals surface area contributed by atoms with Crippen LogP contribution in [-0.4, -0.2) is 0 Å². The van der Waals surface area contributed by atoms with Gasteiger partial charge < -0.3 is 10.2 Å². The van der Waals surface area contributed by atoms with Gasteiger partial charge in [-0.25, -0.2) is 8.78 Å². The first-order valence-corrected chi connectivity index (χ1v) is 6.26. The first-order valence-electron chi connectivity index (χ1n) is 6.26. The standard InChI is InChI=1S/C16H13F2NO/c1-9-4-2-5-10-8-13(20-16(9)10)15(19)14-11(17)6-3-7-12(14)18/h2-8,15H,19H2,1H3. The zero-order valence-corrected chi connectivity index (χ0v) is 10.9. The van der Waals surface area contributed by atoms with E-state index in [1.165, 1.54) is 18.2 Å². The highest BCUT2D eigenvalue weighted by atomic mass is 19.1. The Balaban J connectivity index is 2.13. The summed E-state index contributed by atoms with van der Waals surface area (Å²) in [6, 6.07) is 10.1. The number of rotatable bonds is 2. The number of halogens is 2. The van der Waals surface area contributed by atoms with Gasteiger partial charge in [-0.1, -0.05) is 24.3 Å². The van der Waals surface area contributed by atoms with Crippen molar-refractivity contribution >= 4 is 11.0 Å². The fourth-order valence-electron chi connectivity index (χ4n) is 2.33. The largest absolute Gasteiger partial charge is 0.459 e. The van der Waals surface area contributed by atoms with Crippen molar-refractivity contribution in [2.24, 2.45) is 5.73 Å². The molecule has 0 aliphatic rings. The molecular weight excluding hydrogens is 260 g/mol. The molecule has 0 saturated heterocycles. The first kappa shape index (κ1) is 12.8. The van der Waals surface area contributed by atoms with Gasteiger partial charge in [-0.3, -0.25) is 0 Å². The lowest BCUT2D eigenvalue weighted by atomic mass is 10.0. The summed E-state index contributed by atoms with van der Waals surface area (Å²) in [5, 5.41) is 0.868. The van der Waals surface area contributed by atoms with Gasteiger partial charge >= 0.3 is 0 Å². The van der Waals surface area contributed by atoms with Gasteiger partial charge in [0, 0.05) is 10.9 Å². The van der Waals surface area contributed by atoms with Gasteiger partial charge in [-0.15, -0.1) is 0 Å². The van der Waals surface area contributed by atoms with Crippen molar-refractivity contribution in [3.05, 3.63) is 71.0 Å². The summed E-state index contributed by atoms with van der Waals surface area (Å²) < 4.78 is 33.2. The third kappa shape index (κ3) is 1.98. The lowest BCUT2D eigenvalue weighted by Gasteiger charge is -2.11. The molecule has 3 aromatic rings. The maximum Gasteiger partial charge on any atom is 0.137 e. The van der Waals surface area contributed by atoms with Crippen molar-refractivity contribution in [3.63, 3.8) is 0 Å². The Bertz CT molecular complexity index is 759. The maximum atomic E-state index is 13.8. The molecule has 0 aliphatic carbocycles. The van der Waals surface area contributed by atoms with Crippen molar-refractivity contribution in [1.29, 1.82) is 0 Å². The second kappa shape index (κ2) is 4.72. The minimum absolute atomic E-state index is 0.177. The van der Waals surface area contributed by atoms with Gasteiger partial charge in [-0.2, -0.15) is 0 Å². The summed E-state index contributed by atoms with van der Waals surface area (Å²) in [6.07, 6.45) is 0. The number of benzene rings is 2. The lowest BCUT2D eigenvalue weighted by molar-refractivity contribution is 0.487. The highest BCUT2D eigenvalue weighted by Gasteiger charge is 2.21. The number of hydrogen-bond donors (Lipinski definition) is 1. The average Bonchev–Trinajstić information content (AvgIpc) is 2.84. The summed E-state index contributed by atoms with van der Waals surface area (Å²) in [4.78, 5) is 0. The monoisotopic (exact) mass is 273 g/mol. The van der Waals surface area contributed by atoms with Crippen LogP contribution in [0.15, 0.2) is 46.9 Å². The molecule has 0 aliphatic heterocycles. The van der Waals surface area contributed by atoms with E-state index in [0.717, 1.165) is 10.9 Å². The molecular formula is C16H13F2NO. The van der Waals surface area contributed by atoms with Gasteiger partial charge in [-0.05, 0) is 30.7 Å². The van der Waals surface area contributed by atoms with E-state index >= 15 is 0 Å². The number of hydrogen-bond acceptors (Lipinski definition) is 2. The van der Waals surface area contributed by atoms with Crippen LogP contribution in [0.1, 0.15) is 22.9 Å². The van der Waals surface area contributed by atoms with Gasteiger partial charge in [0.05, 0.1) is 6.04 Å². The minimum atomic E-state index is -0.969. The number of para-hydroxylation sites is 1. The Hall–Kier alpha value is -2.20. The van der Waals surface area contributed by atoms with Crippen LogP contribution in [-0.2, 0) is 0 Å². The van der Waals surface area contributed by atoms with Crippen LogP contribution in [0.5, 0.6) is 0 Å². The Kier molecular flexibility index (Phi) is 3.03. The Morgan fingerprint density at radius 3 is 2.35 bits per heavy atom. The number of aryl methyl sites for hydroxylation is 1. The molecule has 102 valence electrons. The third-order valence-corrected chi connectivity index (χ3v) is 3.38. The van der Waals surface area contributed by atoms with E-state index in [4.69, 9.17) is 10.2 Å². The molecule has 0 saturated carbocycles. The van der Waals surface area contributed by atoms with E-state index in [0.29, 0.717) is 11.3 Å². The van der Waals surface area contributed by atoms with E-state index < -0.39 is 17.7 Å². The zero-order valence-electron chi connectivity index (χ0n) is 10.9. The Labute approximate surface area is 114 Å². The van der Waals surface area contributed by atoms with Gasteiger partial charge in [0.1, 0.15) is 23.0 Å². The fraction of sp³-hybridized carbons (Fsp3) is 0.125. The van der Waals surface area contributed by atoms with Crippen molar-refractivity contribution < 1.29 is 13.2 Å². The van der Waals surface area contributed by atoms with Crippen molar-refractivity contribution in [2.75, 3.05) is 0 Å². The van der Waals surface area contributed by atoms with Crippen LogP contribution < -0.4 is 5.73 Å². The van der Waals surface area contributed by atoms with Gasteiger partial charge in [0.2, 0.25) is 0 Å². The fourth-order valence-corrected chi connectivity index (χ4v) is 2.33. The average molecular weight is 273 g/mol. The van der Waals surface area contributed by atoms with Crippen LogP contribution in [0.2, 0.25) is 0 Å². The minimum Gasteiger partial charge on any atom is -0.459 e. The molecule has 0 fully saturated rings. The predicted octanol–water partition coefficient (Wildman–Crippen LogP) is 4.07. The van der Waals surface area contributed by atoms with Crippen LogP contribution in [0, 0.1) is 18.6 Å². The highest BCUT2D eigenvalue weighted by Crippen LogP contribution is 2.30. The summed E-state index contributed by atoms with van der Waals surface area (Å²) in [5.41, 5.74) is 7.42. The van der Waals surface area contributed by atoms with Crippen LogP contribution in [0.25, 0.3) is 11.0 Å². The topological polar surface area (TPSA) is 39.2 Å². The molecule has 3 rings (SSSR count). The number of fused-ring (bicyclic) bond motifs is 1. The van der Waals surface area contributed by atoms with Crippen LogP contribution >= 0.6 is 0 Å². The van der Waals surface area contributed by atoms with Gasteiger partial charge in [0.15, 0.2) is 0 Å². The molecule has 0 radical (unpaired) electrons. The van der Waals surface area contributed by atoms with E-state index in [9.17, 15) is 8.78 Å². The molecule has 1 unspecified atom stereocenters. The smallest absolute Gasteiger partial charge is 0.137 e. The predicted molar refractivity (Wildman–Crippen MR) is 73.3 cm³/mol. The van der Waals surface area contributed by atoms with Crippen LogP contribution in [0.3, 0.4) is 0 Å². The molecule has 20 heavy (non-hydrogen) atoms. The molecule has 1 aromatic heterocycles. The second-order valence-corrected chi connectivity index (χ2v) is 4.76. The molecule has 2 nitrogen and oxygen atoms in total. The number of nitrogens with two attached hydrogens (primary N) is 1. The Morgan fingerprint density at radius 2 is 1.70 bits per heavy atom. The summed E-state index contributed by atoms with van der Waals surface area (Å²) in [5.74, 6) is -0.998. The van der Waals surface area contributed by atoms with E-state index in [-0.39, 0.29) is 5.56 Å². The van der Waals surface area contributed by atoms with E-state index in [2.05, 4.69) is 0 Å². The van der Waals surface area contributed by atoms with Gasteiger partial charge in [0.25, 0.3) is 0 Å². The number of furan rings is 1. The maximum absolute atomic E-state index is 13.8. The first-order chi connectivity index (χ1) is 9.58. The van der Waals surface area contributed by atoms with E-state index in [1.54, 1.807) is 6.07 Å². The SMILES string of the molecule is Cc1cccc2cc(C(N)c3c(F)cccc3F)oc12. The molecule has 0 bridgehead atoms.